The van der Waals surface area contributed by atoms with Gasteiger partial charge in [0.15, 0.2) is 5.96 Å². The van der Waals surface area contributed by atoms with Gasteiger partial charge in [-0.05, 0) is 55.7 Å². The van der Waals surface area contributed by atoms with Crippen LogP contribution in [0.15, 0.2) is 29.3 Å². The highest BCUT2D eigenvalue weighted by atomic mass is 16.1. The van der Waals surface area contributed by atoms with Crippen LogP contribution in [-0.4, -0.2) is 38.5 Å². The highest BCUT2D eigenvalue weighted by molar-refractivity contribution is 5.94. The van der Waals surface area contributed by atoms with Crippen LogP contribution in [0.2, 0.25) is 0 Å². The van der Waals surface area contributed by atoms with E-state index in [1.165, 1.54) is 25.7 Å². The van der Waals surface area contributed by atoms with E-state index < -0.39 is 0 Å². The average molecular weight is 359 g/mol. The number of hydrogen-bond acceptors (Lipinski definition) is 2. The van der Waals surface area contributed by atoms with Gasteiger partial charge >= 0.3 is 0 Å². The zero-order valence-electron chi connectivity index (χ0n) is 16.5. The molecule has 0 unspecified atom stereocenters. The number of benzene rings is 1. The topological polar surface area (TPSA) is 65.5 Å². The molecule has 0 aliphatic heterocycles. The fourth-order valence-corrected chi connectivity index (χ4v) is 3.41. The summed E-state index contributed by atoms with van der Waals surface area (Å²) in [5.74, 6) is 2.46. The molecule has 1 aromatic carbocycles. The summed E-state index contributed by atoms with van der Waals surface area (Å²) in [6.07, 6.45) is 6.14. The minimum atomic E-state index is -0.0449. The number of rotatable bonds is 7. The summed E-state index contributed by atoms with van der Waals surface area (Å²) in [6, 6.07) is 7.78. The molecule has 5 nitrogen and oxygen atoms in total. The van der Waals surface area contributed by atoms with Gasteiger partial charge in [0, 0.05) is 32.2 Å². The molecule has 5 heteroatoms. The summed E-state index contributed by atoms with van der Waals surface area (Å²) < 4.78 is 0. The third-order valence-corrected chi connectivity index (χ3v) is 5.11. The molecule has 1 aliphatic rings. The number of nitrogens with one attached hydrogen (secondary N) is 3. The predicted molar refractivity (Wildman–Crippen MR) is 109 cm³/mol. The quantitative estimate of drug-likeness (QED) is 0.519. The molecule has 144 valence electrons. The predicted octanol–water partition coefficient (Wildman–Crippen LogP) is 2.97. The van der Waals surface area contributed by atoms with E-state index in [9.17, 15) is 4.79 Å². The Morgan fingerprint density at radius 2 is 1.96 bits per heavy atom. The van der Waals surface area contributed by atoms with Gasteiger partial charge in [0.2, 0.25) is 0 Å². The Hall–Kier alpha value is -2.04. The van der Waals surface area contributed by atoms with Crippen molar-refractivity contribution in [1.29, 1.82) is 0 Å². The standard InChI is InChI=1S/C21H34N4O/c1-4-23-21(25-15-18-10-8-16(2)9-11-18)24-13-12-17-6-5-7-19(14-17)20(26)22-3/h5-7,14,16,18H,4,8-13,15H2,1-3H3,(H,22,26)(H2,23,24,25). The Morgan fingerprint density at radius 1 is 1.19 bits per heavy atom. The van der Waals surface area contributed by atoms with E-state index in [1.54, 1.807) is 7.05 Å². The van der Waals surface area contributed by atoms with Crippen LogP contribution < -0.4 is 16.0 Å². The van der Waals surface area contributed by atoms with Crippen molar-refractivity contribution in [3.63, 3.8) is 0 Å². The molecule has 0 heterocycles. The Bertz CT molecular complexity index is 591. The van der Waals surface area contributed by atoms with E-state index in [2.05, 4.69) is 35.9 Å². The second kappa shape index (κ2) is 10.8. The second-order valence-corrected chi connectivity index (χ2v) is 7.30. The first kappa shape index (κ1) is 20.3. The molecule has 0 atom stereocenters. The maximum atomic E-state index is 11.7. The Morgan fingerprint density at radius 3 is 2.65 bits per heavy atom. The van der Waals surface area contributed by atoms with Crippen LogP contribution >= 0.6 is 0 Å². The lowest BCUT2D eigenvalue weighted by Crippen LogP contribution is -2.38. The van der Waals surface area contributed by atoms with E-state index in [0.29, 0.717) is 5.56 Å². The lowest BCUT2D eigenvalue weighted by atomic mass is 9.83. The lowest BCUT2D eigenvalue weighted by molar-refractivity contribution is 0.0963. The van der Waals surface area contributed by atoms with Crippen LogP contribution in [0.25, 0.3) is 0 Å². The number of nitrogens with zero attached hydrogens (tertiary/aromatic N) is 1. The van der Waals surface area contributed by atoms with E-state index in [4.69, 9.17) is 4.99 Å². The van der Waals surface area contributed by atoms with Gasteiger partial charge in [0.25, 0.3) is 5.91 Å². The van der Waals surface area contributed by atoms with E-state index >= 15 is 0 Å². The molecule has 1 aromatic rings. The van der Waals surface area contributed by atoms with Crippen molar-refractivity contribution < 1.29 is 4.79 Å². The van der Waals surface area contributed by atoms with Gasteiger partial charge < -0.3 is 16.0 Å². The van der Waals surface area contributed by atoms with Gasteiger partial charge in [-0.3, -0.25) is 9.79 Å². The summed E-state index contributed by atoms with van der Waals surface area (Å²) in [4.78, 5) is 16.5. The van der Waals surface area contributed by atoms with Crippen molar-refractivity contribution in [3.8, 4) is 0 Å². The molecule has 2 rings (SSSR count). The largest absolute Gasteiger partial charge is 0.357 e. The number of carbonyl (C=O) groups excluding carboxylic acids is 1. The summed E-state index contributed by atoms with van der Waals surface area (Å²) in [6.45, 7) is 7.01. The molecule has 0 aromatic heterocycles. The minimum Gasteiger partial charge on any atom is -0.357 e. The third-order valence-electron chi connectivity index (χ3n) is 5.11. The van der Waals surface area contributed by atoms with E-state index in [0.717, 1.165) is 49.4 Å². The Labute approximate surface area is 158 Å². The number of aliphatic imine (C=N–C) groups is 1. The van der Waals surface area contributed by atoms with Crippen molar-refractivity contribution in [3.05, 3.63) is 35.4 Å². The van der Waals surface area contributed by atoms with Crippen LogP contribution in [0, 0.1) is 11.8 Å². The van der Waals surface area contributed by atoms with Crippen LogP contribution in [0.4, 0.5) is 0 Å². The summed E-state index contributed by atoms with van der Waals surface area (Å²) in [7, 11) is 1.66. The molecule has 0 spiro atoms. The molecule has 3 N–H and O–H groups in total. The molecule has 1 saturated carbocycles. The SMILES string of the molecule is CCNC(=NCC1CCC(C)CC1)NCCc1cccc(C(=O)NC)c1. The van der Waals surface area contributed by atoms with Gasteiger partial charge in [-0.1, -0.05) is 31.9 Å². The van der Waals surface area contributed by atoms with Crippen molar-refractivity contribution >= 4 is 11.9 Å². The maximum Gasteiger partial charge on any atom is 0.251 e. The van der Waals surface area contributed by atoms with Crippen molar-refractivity contribution in [2.24, 2.45) is 16.8 Å². The molecular weight excluding hydrogens is 324 g/mol. The van der Waals surface area contributed by atoms with Gasteiger partial charge in [0.05, 0.1) is 0 Å². The number of carbonyl (C=O) groups is 1. The molecule has 0 bridgehead atoms. The number of amides is 1. The van der Waals surface area contributed by atoms with Gasteiger partial charge in [-0.2, -0.15) is 0 Å². The normalized spacial score (nSPS) is 20.5. The molecule has 1 aliphatic carbocycles. The van der Waals surface area contributed by atoms with Crippen LogP contribution in [0.3, 0.4) is 0 Å². The van der Waals surface area contributed by atoms with Crippen molar-refractivity contribution in [2.45, 2.75) is 46.0 Å². The fourth-order valence-electron chi connectivity index (χ4n) is 3.41. The highest BCUT2D eigenvalue weighted by Crippen LogP contribution is 2.28. The first-order valence-electron chi connectivity index (χ1n) is 9.95. The van der Waals surface area contributed by atoms with Crippen molar-refractivity contribution in [2.75, 3.05) is 26.7 Å². The molecule has 0 saturated heterocycles. The van der Waals surface area contributed by atoms with E-state index in [1.807, 2.05) is 18.2 Å². The fraction of sp³-hybridized carbons (Fsp3) is 0.619. The van der Waals surface area contributed by atoms with Gasteiger partial charge in [-0.25, -0.2) is 0 Å². The second-order valence-electron chi connectivity index (χ2n) is 7.30. The molecular formula is C21H34N4O. The molecule has 1 fully saturated rings. The molecule has 1 amide bonds. The Kier molecular flexibility index (Phi) is 8.45. The zero-order valence-corrected chi connectivity index (χ0v) is 16.5. The van der Waals surface area contributed by atoms with Gasteiger partial charge in [-0.15, -0.1) is 0 Å². The Balaban J connectivity index is 1.82. The summed E-state index contributed by atoms with van der Waals surface area (Å²) in [5.41, 5.74) is 1.85. The summed E-state index contributed by atoms with van der Waals surface area (Å²) in [5, 5.41) is 9.42. The van der Waals surface area contributed by atoms with Crippen molar-refractivity contribution in [1.82, 2.24) is 16.0 Å². The average Bonchev–Trinajstić information content (AvgIpc) is 2.67. The van der Waals surface area contributed by atoms with Gasteiger partial charge in [0.1, 0.15) is 0 Å². The molecule has 26 heavy (non-hydrogen) atoms. The van der Waals surface area contributed by atoms with Crippen LogP contribution in [-0.2, 0) is 6.42 Å². The smallest absolute Gasteiger partial charge is 0.251 e. The highest BCUT2D eigenvalue weighted by Gasteiger charge is 2.17. The maximum absolute atomic E-state index is 11.7. The minimum absolute atomic E-state index is 0.0449. The molecule has 0 radical (unpaired) electrons. The van der Waals surface area contributed by atoms with Crippen LogP contribution in [0.1, 0.15) is 55.5 Å². The zero-order chi connectivity index (χ0) is 18.8. The van der Waals surface area contributed by atoms with Crippen LogP contribution in [0.5, 0.6) is 0 Å². The summed E-state index contributed by atoms with van der Waals surface area (Å²) >= 11 is 0. The third kappa shape index (κ3) is 6.70. The first-order valence-corrected chi connectivity index (χ1v) is 9.95. The number of hydrogen-bond donors (Lipinski definition) is 3. The first-order chi connectivity index (χ1) is 12.6. The lowest BCUT2D eigenvalue weighted by Gasteiger charge is -2.25. The number of guanidine groups is 1. The monoisotopic (exact) mass is 358 g/mol. The van der Waals surface area contributed by atoms with E-state index in [-0.39, 0.29) is 5.91 Å².